The summed E-state index contributed by atoms with van der Waals surface area (Å²) >= 11 is 0.959. The molecule has 2 aromatic carbocycles. The monoisotopic (exact) mass is 541 g/mol. The second kappa shape index (κ2) is 12.5. The maximum absolute atomic E-state index is 13.2. The number of anilines is 1. The summed E-state index contributed by atoms with van der Waals surface area (Å²) in [4.78, 5) is 66.3. The Balaban J connectivity index is 1.85. The van der Waals surface area contributed by atoms with Crippen LogP contribution in [-0.2, 0) is 25.5 Å². The zero-order chi connectivity index (χ0) is 27.8. The van der Waals surface area contributed by atoms with Gasteiger partial charge in [-0.3, -0.25) is 19.8 Å². The molecule has 0 bridgehead atoms. The molecule has 0 aliphatic heterocycles. The topological polar surface area (TPSA) is 155 Å². The third-order valence-corrected chi connectivity index (χ3v) is 6.23. The van der Waals surface area contributed by atoms with E-state index in [9.17, 15) is 29.3 Å². The first kappa shape index (κ1) is 27.9. The highest BCUT2D eigenvalue weighted by atomic mass is 32.1. The number of rotatable bonds is 10. The summed E-state index contributed by atoms with van der Waals surface area (Å²) in [6.07, 6.45) is 0. The average Bonchev–Trinajstić information content (AvgIpc) is 3.31. The fourth-order valence-electron chi connectivity index (χ4n) is 3.27. The van der Waals surface area contributed by atoms with E-state index in [1.165, 1.54) is 4.90 Å². The predicted molar refractivity (Wildman–Crippen MR) is 135 cm³/mol. The molecule has 3 rings (SSSR count). The van der Waals surface area contributed by atoms with E-state index < -0.39 is 41.0 Å². The first-order valence-corrected chi connectivity index (χ1v) is 12.0. The number of methoxy groups -OCH3 is 1. The molecule has 0 spiro atoms. The van der Waals surface area contributed by atoms with Crippen LogP contribution in [0.1, 0.15) is 48.6 Å². The van der Waals surface area contributed by atoms with Crippen LogP contribution in [0.4, 0.5) is 10.8 Å². The third-order valence-electron chi connectivity index (χ3n) is 5.07. The van der Waals surface area contributed by atoms with Crippen molar-refractivity contribution in [2.45, 2.75) is 20.4 Å². The standard InChI is InChI=1S/C25H23N3O9S/c1-4-36-24(32)21-15(2)26-25(38-21)27(13-16-8-6-5-7-9-16)20(29)14-37-23(31)18-10-17(22(30)35-3)11-19(12-18)28(33)34/h5-12H,4,13-14H2,1-3H3. The third kappa shape index (κ3) is 6.76. The van der Waals surface area contributed by atoms with Crippen molar-refractivity contribution < 1.29 is 38.3 Å². The molecule has 3 aromatic rings. The molecular weight excluding hydrogens is 518 g/mol. The van der Waals surface area contributed by atoms with Gasteiger partial charge in [0.15, 0.2) is 11.7 Å². The minimum absolute atomic E-state index is 0.0652. The highest BCUT2D eigenvalue weighted by molar-refractivity contribution is 7.17. The Labute approximate surface area is 220 Å². The Hall–Kier alpha value is -4.65. The minimum Gasteiger partial charge on any atom is -0.465 e. The Morgan fingerprint density at radius 2 is 1.66 bits per heavy atom. The van der Waals surface area contributed by atoms with Crippen molar-refractivity contribution in [3.63, 3.8) is 0 Å². The van der Waals surface area contributed by atoms with Crippen LogP contribution in [-0.4, -0.2) is 54.0 Å². The molecule has 198 valence electrons. The van der Waals surface area contributed by atoms with E-state index in [2.05, 4.69) is 9.72 Å². The summed E-state index contributed by atoms with van der Waals surface area (Å²) in [6.45, 7) is 2.78. The number of hydrogen-bond acceptors (Lipinski definition) is 11. The second-order valence-electron chi connectivity index (χ2n) is 7.69. The first-order chi connectivity index (χ1) is 18.1. The molecule has 12 nitrogen and oxygen atoms in total. The number of aromatic nitrogens is 1. The smallest absolute Gasteiger partial charge is 0.350 e. The highest BCUT2D eigenvalue weighted by Gasteiger charge is 2.26. The van der Waals surface area contributed by atoms with Gasteiger partial charge < -0.3 is 14.2 Å². The maximum Gasteiger partial charge on any atom is 0.350 e. The number of esters is 3. The average molecular weight is 542 g/mol. The van der Waals surface area contributed by atoms with Gasteiger partial charge >= 0.3 is 17.9 Å². The van der Waals surface area contributed by atoms with Crippen molar-refractivity contribution in [3.05, 3.63) is 85.9 Å². The minimum atomic E-state index is -1.06. The lowest BCUT2D eigenvalue weighted by molar-refractivity contribution is -0.384. The van der Waals surface area contributed by atoms with Crippen molar-refractivity contribution >= 4 is 46.0 Å². The SMILES string of the molecule is CCOC(=O)c1sc(N(Cc2ccccc2)C(=O)COC(=O)c2cc(C(=O)OC)cc([N+](=O)[O-])c2)nc1C. The van der Waals surface area contributed by atoms with Crippen molar-refractivity contribution in [1.29, 1.82) is 0 Å². The van der Waals surface area contributed by atoms with Gasteiger partial charge in [0, 0.05) is 12.1 Å². The summed E-state index contributed by atoms with van der Waals surface area (Å²) in [6, 6.07) is 11.9. The van der Waals surface area contributed by atoms with E-state index >= 15 is 0 Å². The zero-order valence-electron chi connectivity index (χ0n) is 20.7. The molecule has 1 amide bonds. The molecule has 0 aliphatic carbocycles. The molecule has 0 aliphatic rings. The van der Waals surface area contributed by atoms with Gasteiger partial charge in [0.2, 0.25) is 0 Å². The van der Waals surface area contributed by atoms with E-state index in [0.717, 1.165) is 42.2 Å². The fraction of sp³-hybridized carbons (Fsp3) is 0.240. The van der Waals surface area contributed by atoms with Gasteiger partial charge in [-0.05, 0) is 25.5 Å². The van der Waals surface area contributed by atoms with Gasteiger partial charge in [0.1, 0.15) is 4.88 Å². The molecule has 0 fully saturated rings. The lowest BCUT2D eigenvalue weighted by Crippen LogP contribution is -2.34. The van der Waals surface area contributed by atoms with Gasteiger partial charge in [-0.2, -0.15) is 0 Å². The maximum atomic E-state index is 13.2. The normalized spacial score (nSPS) is 10.4. The van der Waals surface area contributed by atoms with Crippen LogP contribution in [0.25, 0.3) is 0 Å². The summed E-state index contributed by atoms with van der Waals surface area (Å²) in [5.41, 5.74) is 0.0612. The largest absolute Gasteiger partial charge is 0.465 e. The molecule has 0 saturated heterocycles. The molecule has 0 N–H and O–H groups in total. The number of nitrogens with zero attached hydrogens (tertiary/aromatic N) is 3. The molecule has 0 radical (unpaired) electrons. The number of amides is 1. The lowest BCUT2D eigenvalue weighted by atomic mass is 10.1. The predicted octanol–water partition coefficient (Wildman–Crippen LogP) is 3.71. The molecule has 0 saturated carbocycles. The van der Waals surface area contributed by atoms with Crippen molar-refractivity contribution in [1.82, 2.24) is 4.98 Å². The number of thiazole rings is 1. The van der Waals surface area contributed by atoms with E-state index in [1.807, 2.05) is 6.07 Å². The Morgan fingerprint density at radius 1 is 1.00 bits per heavy atom. The van der Waals surface area contributed by atoms with Gasteiger partial charge in [0.05, 0.1) is 42.0 Å². The van der Waals surface area contributed by atoms with Gasteiger partial charge in [-0.1, -0.05) is 41.7 Å². The van der Waals surface area contributed by atoms with E-state index in [-0.39, 0.29) is 34.3 Å². The first-order valence-electron chi connectivity index (χ1n) is 11.2. The molecular formula is C25H23N3O9S. The Bertz CT molecular complexity index is 1370. The zero-order valence-corrected chi connectivity index (χ0v) is 21.5. The lowest BCUT2D eigenvalue weighted by Gasteiger charge is -2.20. The number of benzene rings is 2. The van der Waals surface area contributed by atoms with Crippen LogP contribution in [0, 0.1) is 17.0 Å². The molecule has 1 heterocycles. The van der Waals surface area contributed by atoms with Crippen LogP contribution in [0.3, 0.4) is 0 Å². The summed E-state index contributed by atoms with van der Waals surface area (Å²) in [7, 11) is 1.09. The van der Waals surface area contributed by atoms with E-state index in [4.69, 9.17) is 9.47 Å². The molecule has 38 heavy (non-hydrogen) atoms. The highest BCUT2D eigenvalue weighted by Crippen LogP contribution is 2.28. The van der Waals surface area contributed by atoms with E-state index in [1.54, 1.807) is 38.1 Å². The number of hydrogen-bond donors (Lipinski definition) is 0. The molecule has 13 heteroatoms. The van der Waals surface area contributed by atoms with Crippen LogP contribution in [0.15, 0.2) is 48.5 Å². The van der Waals surface area contributed by atoms with Crippen LogP contribution in [0.5, 0.6) is 0 Å². The summed E-state index contributed by atoms with van der Waals surface area (Å²) < 4.78 is 14.8. The quantitative estimate of drug-likeness (QED) is 0.160. The van der Waals surface area contributed by atoms with Crippen molar-refractivity contribution in [3.8, 4) is 0 Å². The second-order valence-corrected chi connectivity index (χ2v) is 8.67. The van der Waals surface area contributed by atoms with Crippen LogP contribution < -0.4 is 4.90 Å². The van der Waals surface area contributed by atoms with Gasteiger partial charge in [0.25, 0.3) is 11.6 Å². The number of ether oxygens (including phenoxy) is 3. The number of non-ortho nitro benzene ring substituents is 1. The Kier molecular flexibility index (Phi) is 9.22. The van der Waals surface area contributed by atoms with Gasteiger partial charge in [-0.25, -0.2) is 19.4 Å². The number of nitro groups is 1. The summed E-state index contributed by atoms with van der Waals surface area (Å²) in [5, 5.41) is 11.4. The van der Waals surface area contributed by atoms with Gasteiger partial charge in [-0.15, -0.1) is 0 Å². The number of carbonyl (C=O) groups excluding carboxylic acids is 4. The van der Waals surface area contributed by atoms with Crippen molar-refractivity contribution in [2.75, 3.05) is 25.2 Å². The van der Waals surface area contributed by atoms with Crippen LogP contribution in [0.2, 0.25) is 0 Å². The molecule has 0 atom stereocenters. The number of aryl methyl sites for hydroxylation is 1. The number of nitro benzene ring substituents is 1. The Morgan fingerprint density at radius 3 is 2.26 bits per heavy atom. The molecule has 1 aromatic heterocycles. The number of carbonyl (C=O) groups is 4. The van der Waals surface area contributed by atoms with E-state index in [0.29, 0.717) is 5.69 Å². The fourth-order valence-corrected chi connectivity index (χ4v) is 4.25. The summed E-state index contributed by atoms with van der Waals surface area (Å²) in [5.74, 6) is -3.18. The molecule has 0 unspecified atom stereocenters. The van der Waals surface area contributed by atoms with Crippen molar-refractivity contribution in [2.24, 2.45) is 0 Å². The van der Waals surface area contributed by atoms with Crippen LogP contribution >= 0.6 is 11.3 Å².